The molecule has 1 aromatic carbocycles. The molecule has 0 saturated carbocycles. The van der Waals surface area contributed by atoms with Gasteiger partial charge in [-0.1, -0.05) is 24.8 Å². The van der Waals surface area contributed by atoms with Gasteiger partial charge in [-0.3, -0.25) is 4.98 Å². The molecule has 0 unspecified atom stereocenters. The van der Waals surface area contributed by atoms with Gasteiger partial charge in [-0.2, -0.15) is 0 Å². The van der Waals surface area contributed by atoms with Crippen molar-refractivity contribution in [3.63, 3.8) is 0 Å². The fourth-order valence-corrected chi connectivity index (χ4v) is 4.69. The SMILES string of the molecule is C=C1C(=O)O[C@H]2[C@H]1CCC(COC(=O)c1ccc3cccnc3c1)=CCC[C@@]1(C)O[C@@H]21. The molecular weight excluding hydrogens is 394 g/mol. The largest absolute Gasteiger partial charge is 0.458 e. The first-order chi connectivity index (χ1) is 14.9. The zero-order chi connectivity index (χ0) is 21.6. The number of rotatable bonds is 3. The molecule has 6 nitrogen and oxygen atoms in total. The maximum absolute atomic E-state index is 12.6. The monoisotopic (exact) mass is 419 g/mol. The Morgan fingerprint density at radius 3 is 3.10 bits per heavy atom. The number of pyridine rings is 1. The highest BCUT2D eigenvalue weighted by Gasteiger charge is 2.61. The van der Waals surface area contributed by atoms with Gasteiger partial charge in [-0.25, -0.2) is 9.59 Å². The number of carbonyl (C=O) groups excluding carboxylic acids is 2. The van der Waals surface area contributed by atoms with Gasteiger partial charge in [0.25, 0.3) is 0 Å². The lowest BCUT2D eigenvalue weighted by Crippen LogP contribution is -2.29. The summed E-state index contributed by atoms with van der Waals surface area (Å²) in [5.74, 6) is -0.762. The van der Waals surface area contributed by atoms with E-state index < -0.39 is 0 Å². The van der Waals surface area contributed by atoms with E-state index >= 15 is 0 Å². The van der Waals surface area contributed by atoms with E-state index in [2.05, 4.69) is 24.6 Å². The van der Waals surface area contributed by atoms with Crippen molar-refractivity contribution in [2.24, 2.45) is 5.92 Å². The summed E-state index contributed by atoms with van der Waals surface area (Å²) in [5, 5.41) is 0.978. The molecule has 31 heavy (non-hydrogen) atoms. The van der Waals surface area contributed by atoms with Crippen molar-refractivity contribution in [3.05, 3.63) is 65.9 Å². The van der Waals surface area contributed by atoms with E-state index in [1.54, 1.807) is 18.3 Å². The number of hydrogen-bond donors (Lipinski definition) is 0. The molecular formula is C25H25NO5. The highest BCUT2D eigenvalue weighted by atomic mass is 16.6. The third-order valence-electron chi connectivity index (χ3n) is 6.67. The fraction of sp³-hybridized carbons (Fsp3) is 0.400. The number of nitrogens with zero attached hydrogens (tertiary/aromatic N) is 1. The molecule has 6 heteroatoms. The molecule has 2 saturated heterocycles. The molecule has 2 aromatic rings. The van der Waals surface area contributed by atoms with Crippen LogP contribution in [-0.2, 0) is 19.0 Å². The predicted octanol–water partition coefficient (Wildman–Crippen LogP) is 4.15. The molecule has 3 aliphatic rings. The highest BCUT2D eigenvalue weighted by molar-refractivity contribution is 5.94. The lowest BCUT2D eigenvalue weighted by molar-refractivity contribution is -0.140. The van der Waals surface area contributed by atoms with Gasteiger partial charge >= 0.3 is 11.9 Å². The van der Waals surface area contributed by atoms with Gasteiger partial charge in [0, 0.05) is 23.1 Å². The first-order valence-electron chi connectivity index (χ1n) is 10.7. The zero-order valence-corrected chi connectivity index (χ0v) is 17.5. The number of allylic oxidation sites excluding steroid dienone is 1. The van der Waals surface area contributed by atoms with E-state index in [1.807, 2.05) is 18.2 Å². The third-order valence-corrected chi connectivity index (χ3v) is 6.67. The summed E-state index contributed by atoms with van der Waals surface area (Å²) in [5.41, 5.74) is 2.53. The highest BCUT2D eigenvalue weighted by Crippen LogP contribution is 2.49. The van der Waals surface area contributed by atoms with Crippen LogP contribution in [-0.4, -0.2) is 41.3 Å². The minimum atomic E-state index is -0.371. The van der Waals surface area contributed by atoms with Gasteiger partial charge in [-0.05, 0) is 56.4 Å². The second-order valence-corrected chi connectivity index (χ2v) is 8.78. The molecule has 0 bridgehead atoms. The summed E-state index contributed by atoms with van der Waals surface area (Å²) >= 11 is 0. The Morgan fingerprint density at radius 2 is 2.23 bits per heavy atom. The van der Waals surface area contributed by atoms with Crippen LogP contribution >= 0.6 is 0 Å². The van der Waals surface area contributed by atoms with Crippen molar-refractivity contribution >= 4 is 22.8 Å². The van der Waals surface area contributed by atoms with Crippen molar-refractivity contribution < 1.29 is 23.8 Å². The molecule has 0 radical (unpaired) electrons. The number of ether oxygens (including phenoxy) is 3. The summed E-state index contributed by atoms with van der Waals surface area (Å²) in [6.45, 7) is 6.23. The second-order valence-electron chi connectivity index (χ2n) is 8.78. The Kier molecular flexibility index (Phi) is 4.89. The predicted molar refractivity (Wildman–Crippen MR) is 114 cm³/mol. The Labute approximate surface area is 180 Å². The van der Waals surface area contributed by atoms with Gasteiger partial charge in [0.1, 0.15) is 18.8 Å². The standard InChI is InChI=1S/C25H25NO5/c1-15-19-10-7-16(5-3-11-25(2)22(31-25)21(19)30-23(15)27)14-29-24(28)18-9-8-17-6-4-12-26-20(17)13-18/h4-6,8-9,12-13,19,21-22H,1,3,7,10-11,14H2,2H3/t19-,21-,22-,25+/m0/s1. The molecule has 0 spiro atoms. The topological polar surface area (TPSA) is 78.0 Å². The van der Waals surface area contributed by atoms with E-state index in [9.17, 15) is 9.59 Å². The zero-order valence-electron chi connectivity index (χ0n) is 17.5. The van der Waals surface area contributed by atoms with E-state index in [0.717, 1.165) is 29.3 Å². The minimum Gasteiger partial charge on any atom is -0.458 e. The first kappa shape index (κ1) is 19.9. The quantitative estimate of drug-likeness (QED) is 0.322. The first-order valence-corrected chi connectivity index (χ1v) is 10.7. The third kappa shape index (κ3) is 3.76. The number of carbonyl (C=O) groups is 2. The molecule has 0 amide bonds. The maximum Gasteiger partial charge on any atom is 0.338 e. The summed E-state index contributed by atoms with van der Waals surface area (Å²) < 4.78 is 17.1. The molecule has 3 heterocycles. The summed E-state index contributed by atoms with van der Waals surface area (Å²) in [6, 6.07) is 9.20. The Morgan fingerprint density at radius 1 is 1.35 bits per heavy atom. The number of esters is 2. The molecule has 1 aliphatic carbocycles. The van der Waals surface area contributed by atoms with Gasteiger partial charge in [0.15, 0.2) is 0 Å². The average Bonchev–Trinajstić information content (AvgIpc) is 3.37. The second kappa shape index (κ2) is 7.61. The molecule has 2 fully saturated rings. The number of benzene rings is 1. The van der Waals surface area contributed by atoms with Gasteiger partial charge in [-0.15, -0.1) is 0 Å². The van der Waals surface area contributed by atoms with E-state index in [0.29, 0.717) is 24.0 Å². The van der Waals surface area contributed by atoms with Crippen LogP contribution in [0.25, 0.3) is 10.9 Å². The number of aromatic nitrogens is 1. The van der Waals surface area contributed by atoms with Crippen molar-refractivity contribution in [1.82, 2.24) is 4.98 Å². The van der Waals surface area contributed by atoms with Gasteiger partial charge in [0.05, 0.1) is 16.7 Å². The number of epoxide rings is 1. The van der Waals surface area contributed by atoms with Crippen LogP contribution in [0, 0.1) is 5.92 Å². The van der Waals surface area contributed by atoms with Crippen LogP contribution < -0.4 is 0 Å². The normalized spacial score (nSPS) is 30.1. The Balaban J connectivity index is 1.28. The molecule has 5 rings (SSSR count). The Bertz CT molecular complexity index is 1110. The van der Waals surface area contributed by atoms with Crippen molar-refractivity contribution in [3.8, 4) is 0 Å². The summed E-state index contributed by atoms with van der Waals surface area (Å²) in [7, 11) is 0. The molecule has 0 N–H and O–H groups in total. The summed E-state index contributed by atoms with van der Waals surface area (Å²) in [4.78, 5) is 29.0. The average molecular weight is 419 g/mol. The van der Waals surface area contributed by atoms with Crippen molar-refractivity contribution in [1.29, 1.82) is 0 Å². The minimum absolute atomic E-state index is 0.0602. The van der Waals surface area contributed by atoms with E-state index in [-0.39, 0.29) is 42.3 Å². The lowest BCUT2D eigenvalue weighted by atomic mass is 9.84. The van der Waals surface area contributed by atoms with Crippen LogP contribution in [0.5, 0.6) is 0 Å². The van der Waals surface area contributed by atoms with Gasteiger partial charge in [0.2, 0.25) is 0 Å². The van der Waals surface area contributed by atoms with E-state index in [4.69, 9.17) is 14.2 Å². The number of fused-ring (bicyclic) bond motifs is 4. The summed E-state index contributed by atoms with van der Waals surface area (Å²) in [6.07, 6.45) is 6.61. The van der Waals surface area contributed by atoms with Gasteiger partial charge < -0.3 is 14.2 Å². The van der Waals surface area contributed by atoms with Crippen molar-refractivity contribution in [2.45, 2.75) is 50.4 Å². The molecule has 2 aliphatic heterocycles. The lowest BCUT2D eigenvalue weighted by Gasteiger charge is -2.20. The van der Waals surface area contributed by atoms with Crippen molar-refractivity contribution in [2.75, 3.05) is 6.61 Å². The van der Waals surface area contributed by atoms with Crippen LogP contribution in [0.2, 0.25) is 0 Å². The van der Waals surface area contributed by atoms with Crippen LogP contribution in [0.4, 0.5) is 0 Å². The van der Waals surface area contributed by atoms with E-state index in [1.165, 1.54) is 0 Å². The van der Waals surface area contributed by atoms with Crippen LogP contribution in [0.1, 0.15) is 43.0 Å². The smallest absolute Gasteiger partial charge is 0.338 e. The van der Waals surface area contributed by atoms with Crippen LogP contribution in [0.3, 0.4) is 0 Å². The van der Waals surface area contributed by atoms with Crippen LogP contribution in [0.15, 0.2) is 60.3 Å². The number of hydrogen-bond acceptors (Lipinski definition) is 6. The fourth-order valence-electron chi connectivity index (χ4n) is 4.69. The molecule has 4 atom stereocenters. The molecule has 160 valence electrons. The maximum atomic E-state index is 12.6. The Hall–Kier alpha value is -2.99. The molecule has 1 aromatic heterocycles.